The molecule has 1 aromatic heterocycles. The minimum absolute atomic E-state index is 0.0333. The van der Waals surface area contributed by atoms with Crippen molar-refractivity contribution in [1.29, 1.82) is 0 Å². The average molecular weight is 523 g/mol. The Labute approximate surface area is 213 Å². The highest BCUT2D eigenvalue weighted by Gasteiger charge is 2.34. The molecule has 1 aromatic carbocycles. The Kier molecular flexibility index (Phi) is 11.9. The summed E-state index contributed by atoms with van der Waals surface area (Å²) in [5, 5.41) is 41.7. The Morgan fingerprint density at radius 1 is 1.11 bits per heavy atom. The number of thiazole rings is 1. The van der Waals surface area contributed by atoms with Crippen LogP contribution in [0.2, 0.25) is 0 Å². The smallest absolute Gasteiger partial charge is 0.271 e. The fraction of sp³-hybridized carbons (Fsp3) is 0.500. The highest BCUT2D eigenvalue weighted by atomic mass is 32.1. The van der Waals surface area contributed by atoms with Crippen molar-refractivity contribution < 1.29 is 34.4 Å². The van der Waals surface area contributed by atoms with Gasteiger partial charge in [-0.05, 0) is 18.4 Å². The molecule has 198 valence electrons. The van der Waals surface area contributed by atoms with Crippen LogP contribution < -0.4 is 16.0 Å². The standard InChI is InChI=1S/C24H34N4O7S/c1-14(12-29)22(33)28-24-27-19(13-36-24)23(34)26-18(11-16-7-5-4-6-8-16)21(32)20(31)17(9-10-35-3)25-15(2)30/h4-8,12-14,17-18,20-22,31-33H,9-11H2,1-3H3,(H,25,30)(H,26,34)(H,27,28)/t14-,17-,18+,20-,21-,22?/m1/s1. The number of ether oxygens (including phenoxy) is 1. The van der Waals surface area contributed by atoms with E-state index < -0.39 is 42.3 Å². The molecule has 12 heteroatoms. The van der Waals surface area contributed by atoms with E-state index >= 15 is 0 Å². The third-order valence-electron chi connectivity index (χ3n) is 5.53. The molecule has 0 saturated carbocycles. The first kappa shape index (κ1) is 29.3. The maximum absolute atomic E-state index is 13.0. The molecular formula is C24H34N4O7S. The summed E-state index contributed by atoms with van der Waals surface area (Å²) in [6, 6.07) is 7.41. The quantitative estimate of drug-likeness (QED) is 0.142. The SMILES string of the molecule is COCC[C@@H](NC(C)=O)[C@@H](O)[C@H](O)[C@H](Cc1ccccc1)NC(=O)c1csc(NC(O)[C@H](C)C=O)n1. The maximum Gasteiger partial charge on any atom is 0.271 e. The zero-order chi connectivity index (χ0) is 26.7. The highest BCUT2D eigenvalue weighted by Crippen LogP contribution is 2.19. The van der Waals surface area contributed by atoms with E-state index in [9.17, 15) is 29.7 Å². The molecule has 1 unspecified atom stereocenters. The van der Waals surface area contributed by atoms with E-state index in [2.05, 4.69) is 20.9 Å². The maximum atomic E-state index is 13.0. The summed E-state index contributed by atoms with van der Waals surface area (Å²) in [6.45, 7) is 3.09. The Morgan fingerprint density at radius 2 is 1.78 bits per heavy atom. The number of benzene rings is 1. The molecule has 0 aliphatic carbocycles. The number of aromatic nitrogens is 1. The van der Waals surface area contributed by atoms with Crippen LogP contribution in [0.4, 0.5) is 5.13 Å². The second kappa shape index (κ2) is 14.6. The summed E-state index contributed by atoms with van der Waals surface area (Å²) < 4.78 is 5.05. The normalized spacial score (nSPS) is 16.2. The van der Waals surface area contributed by atoms with Crippen LogP contribution in [-0.4, -0.2) is 82.6 Å². The number of nitrogens with zero attached hydrogens (tertiary/aromatic N) is 1. The van der Waals surface area contributed by atoms with Gasteiger partial charge in [-0.2, -0.15) is 0 Å². The molecule has 2 aromatic rings. The van der Waals surface area contributed by atoms with Gasteiger partial charge in [0.05, 0.1) is 18.0 Å². The molecule has 6 N–H and O–H groups in total. The number of carbonyl (C=O) groups is 3. The fourth-order valence-electron chi connectivity index (χ4n) is 3.45. The number of hydrogen-bond acceptors (Lipinski definition) is 10. The van der Waals surface area contributed by atoms with Crippen LogP contribution in [0.1, 0.15) is 36.3 Å². The molecule has 1 heterocycles. The first-order chi connectivity index (χ1) is 17.2. The van der Waals surface area contributed by atoms with Crippen molar-refractivity contribution in [3.05, 3.63) is 47.0 Å². The molecule has 2 rings (SSSR count). The third-order valence-corrected chi connectivity index (χ3v) is 6.31. The summed E-state index contributed by atoms with van der Waals surface area (Å²) in [5.74, 6) is -1.65. The fourth-order valence-corrected chi connectivity index (χ4v) is 4.18. The Morgan fingerprint density at radius 3 is 2.39 bits per heavy atom. The molecule has 0 spiro atoms. The number of amides is 2. The molecular weight excluding hydrogens is 488 g/mol. The van der Waals surface area contributed by atoms with Crippen molar-refractivity contribution in [1.82, 2.24) is 15.6 Å². The van der Waals surface area contributed by atoms with Crippen molar-refractivity contribution in [3.63, 3.8) is 0 Å². The van der Waals surface area contributed by atoms with Crippen LogP contribution in [0.25, 0.3) is 0 Å². The van der Waals surface area contributed by atoms with Crippen LogP contribution in [0.15, 0.2) is 35.7 Å². The summed E-state index contributed by atoms with van der Waals surface area (Å²) in [4.78, 5) is 39.6. The molecule has 6 atom stereocenters. The molecule has 2 amide bonds. The van der Waals surface area contributed by atoms with Gasteiger partial charge in [0, 0.05) is 26.0 Å². The minimum atomic E-state index is -1.44. The van der Waals surface area contributed by atoms with Gasteiger partial charge in [0.15, 0.2) is 5.13 Å². The van der Waals surface area contributed by atoms with Gasteiger partial charge in [-0.3, -0.25) is 9.59 Å². The number of aliphatic hydroxyl groups is 3. The predicted molar refractivity (Wildman–Crippen MR) is 134 cm³/mol. The molecule has 36 heavy (non-hydrogen) atoms. The second-order valence-electron chi connectivity index (χ2n) is 8.46. The minimum Gasteiger partial charge on any atom is -0.388 e. The molecule has 0 bridgehead atoms. The Hall–Kier alpha value is -2.90. The van der Waals surface area contributed by atoms with E-state index in [0.717, 1.165) is 16.9 Å². The lowest BCUT2D eigenvalue weighted by atomic mass is 9.92. The van der Waals surface area contributed by atoms with Crippen molar-refractivity contribution in [2.45, 2.75) is 57.2 Å². The number of methoxy groups -OCH3 is 1. The van der Waals surface area contributed by atoms with Gasteiger partial charge in [-0.25, -0.2) is 4.98 Å². The lowest BCUT2D eigenvalue weighted by Gasteiger charge is -2.32. The van der Waals surface area contributed by atoms with Gasteiger partial charge < -0.3 is 40.8 Å². The number of hydrogen-bond donors (Lipinski definition) is 6. The van der Waals surface area contributed by atoms with E-state index in [-0.39, 0.29) is 36.2 Å². The second-order valence-corrected chi connectivity index (χ2v) is 9.32. The van der Waals surface area contributed by atoms with E-state index in [1.54, 1.807) is 0 Å². The van der Waals surface area contributed by atoms with Gasteiger partial charge >= 0.3 is 0 Å². The van der Waals surface area contributed by atoms with Gasteiger partial charge in [0.2, 0.25) is 5.91 Å². The molecule has 0 fully saturated rings. The largest absolute Gasteiger partial charge is 0.388 e. The van der Waals surface area contributed by atoms with Crippen molar-refractivity contribution in [3.8, 4) is 0 Å². The van der Waals surface area contributed by atoms with Gasteiger partial charge in [-0.1, -0.05) is 37.3 Å². The van der Waals surface area contributed by atoms with Crippen molar-refractivity contribution in [2.75, 3.05) is 19.0 Å². The van der Waals surface area contributed by atoms with Crippen LogP contribution in [0.3, 0.4) is 0 Å². The Bertz CT molecular complexity index is 974. The number of anilines is 1. The number of carbonyl (C=O) groups excluding carboxylic acids is 3. The van der Waals surface area contributed by atoms with Crippen LogP contribution in [-0.2, 0) is 20.7 Å². The molecule has 0 saturated heterocycles. The lowest BCUT2D eigenvalue weighted by molar-refractivity contribution is -0.121. The summed E-state index contributed by atoms with van der Waals surface area (Å²) in [6.07, 6.45) is -2.94. The number of rotatable bonds is 15. The van der Waals surface area contributed by atoms with Crippen LogP contribution in [0, 0.1) is 5.92 Å². The molecule has 0 radical (unpaired) electrons. The first-order valence-electron chi connectivity index (χ1n) is 11.5. The van der Waals surface area contributed by atoms with Gasteiger partial charge in [0.1, 0.15) is 30.4 Å². The number of aliphatic hydroxyl groups excluding tert-OH is 3. The molecule has 11 nitrogen and oxygen atoms in total. The molecule has 0 aliphatic heterocycles. The lowest BCUT2D eigenvalue weighted by Crippen LogP contribution is -2.56. The van der Waals surface area contributed by atoms with E-state index in [1.807, 2.05) is 30.3 Å². The van der Waals surface area contributed by atoms with E-state index in [0.29, 0.717) is 6.29 Å². The average Bonchev–Trinajstić information content (AvgIpc) is 3.33. The number of nitrogens with one attached hydrogen (secondary N) is 3. The van der Waals surface area contributed by atoms with Crippen LogP contribution >= 0.6 is 11.3 Å². The Balaban J connectivity index is 2.21. The van der Waals surface area contributed by atoms with Crippen molar-refractivity contribution in [2.24, 2.45) is 5.92 Å². The van der Waals surface area contributed by atoms with E-state index in [1.165, 1.54) is 26.3 Å². The number of aldehydes is 1. The first-order valence-corrected chi connectivity index (χ1v) is 12.4. The summed E-state index contributed by atoms with van der Waals surface area (Å²) >= 11 is 1.07. The van der Waals surface area contributed by atoms with Gasteiger partial charge in [-0.15, -0.1) is 11.3 Å². The van der Waals surface area contributed by atoms with Gasteiger partial charge in [0.25, 0.3) is 5.91 Å². The van der Waals surface area contributed by atoms with Crippen LogP contribution in [0.5, 0.6) is 0 Å². The summed E-state index contributed by atoms with van der Waals surface area (Å²) in [5.41, 5.74) is 0.847. The zero-order valence-corrected chi connectivity index (χ0v) is 21.3. The highest BCUT2D eigenvalue weighted by molar-refractivity contribution is 7.13. The summed E-state index contributed by atoms with van der Waals surface area (Å²) in [7, 11) is 1.49. The predicted octanol–water partition coefficient (Wildman–Crippen LogP) is 0.313. The molecule has 0 aliphatic rings. The third kappa shape index (κ3) is 8.95. The topological polar surface area (TPSA) is 170 Å². The van der Waals surface area contributed by atoms with Crippen molar-refractivity contribution >= 4 is 34.6 Å². The zero-order valence-electron chi connectivity index (χ0n) is 20.5. The van der Waals surface area contributed by atoms with E-state index in [4.69, 9.17) is 4.74 Å². The monoisotopic (exact) mass is 522 g/mol.